The average molecular weight is 345 g/mol. The zero-order valence-corrected chi connectivity index (χ0v) is 19.3. The van der Waals surface area contributed by atoms with Gasteiger partial charge in [-0.3, -0.25) is 0 Å². The van der Waals surface area contributed by atoms with Crippen molar-refractivity contribution in [2.24, 2.45) is 10.8 Å². The highest BCUT2D eigenvalue weighted by molar-refractivity contribution is 7.99. The maximum Gasteiger partial charge on any atom is 0.242 e. The standard InChI is InChI=1S/C17H37OPSi2/c1-16(2,3)13-14(17(4,5)6)19(21(10,11)12)15(13)18-20(7,8)9/h14H,1-12H3/t14-,19?/m1/s1. The van der Waals surface area contributed by atoms with Crippen molar-refractivity contribution >= 4 is 23.5 Å². The van der Waals surface area contributed by atoms with Gasteiger partial charge in [0.1, 0.15) is 0 Å². The van der Waals surface area contributed by atoms with Crippen LogP contribution in [0.4, 0.5) is 0 Å². The Kier molecular flexibility index (Phi) is 5.09. The fourth-order valence-corrected chi connectivity index (χ4v) is 15.1. The van der Waals surface area contributed by atoms with E-state index in [-0.39, 0.29) is 12.9 Å². The molecule has 4 heteroatoms. The largest absolute Gasteiger partial charge is 0.544 e. The van der Waals surface area contributed by atoms with Crippen LogP contribution in [-0.4, -0.2) is 21.7 Å². The lowest BCUT2D eigenvalue weighted by Gasteiger charge is -2.57. The maximum absolute atomic E-state index is 6.66. The molecule has 1 aliphatic heterocycles. The zero-order chi connectivity index (χ0) is 17.0. The Balaban J connectivity index is 3.45. The number of hydrogen-bond donors (Lipinski definition) is 0. The minimum absolute atomic E-state index is 0.0907. The molecule has 0 bridgehead atoms. The summed E-state index contributed by atoms with van der Waals surface area (Å²) in [5, 5.41) is 0. The van der Waals surface area contributed by atoms with E-state index >= 15 is 0 Å². The van der Waals surface area contributed by atoms with Crippen LogP contribution in [0.2, 0.25) is 39.3 Å². The van der Waals surface area contributed by atoms with Crippen molar-refractivity contribution in [2.45, 2.75) is 86.5 Å². The summed E-state index contributed by atoms with van der Waals surface area (Å²) >= 11 is 0. The molecule has 0 aliphatic carbocycles. The molecule has 0 N–H and O–H groups in total. The Morgan fingerprint density at radius 3 is 1.52 bits per heavy atom. The molecule has 0 saturated carbocycles. The fraction of sp³-hybridized carbons (Fsp3) is 0.882. The third-order valence-electron chi connectivity index (χ3n) is 3.73. The van der Waals surface area contributed by atoms with E-state index in [0.717, 1.165) is 5.66 Å². The van der Waals surface area contributed by atoms with Crippen LogP contribution in [0.25, 0.3) is 0 Å². The molecule has 0 aromatic rings. The summed E-state index contributed by atoms with van der Waals surface area (Å²) in [6.45, 7) is 28.9. The Hall–Kier alpha value is 0.404. The van der Waals surface area contributed by atoms with Gasteiger partial charge in [-0.2, -0.15) is 0 Å². The minimum atomic E-state index is -1.54. The van der Waals surface area contributed by atoms with E-state index < -0.39 is 16.1 Å². The second-order valence-corrected chi connectivity index (χ2v) is 26.4. The van der Waals surface area contributed by atoms with Gasteiger partial charge in [0.15, 0.2) is 0 Å². The quantitative estimate of drug-likeness (QED) is 0.402. The van der Waals surface area contributed by atoms with Gasteiger partial charge in [0.05, 0.1) is 13.2 Å². The van der Waals surface area contributed by atoms with E-state index in [1.807, 2.05) is 0 Å². The first kappa shape index (κ1) is 19.5. The number of rotatable bonds is 3. The smallest absolute Gasteiger partial charge is 0.242 e. The molecule has 0 spiro atoms. The van der Waals surface area contributed by atoms with Crippen LogP contribution in [0, 0.1) is 10.8 Å². The molecule has 124 valence electrons. The Morgan fingerprint density at radius 1 is 0.857 bits per heavy atom. The molecule has 1 aliphatic rings. The van der Waals surface area contributed by atoms with E-state index in [2.05, 4.69) is 80.8 Å². The molecule has 0 aromatic heterocycles. The summed E-state index contributed by atoms with van der Waals surface area (Å²) in [4.78, 5) is 0. The van der Waals surface area contributed by atoms with E-state index in [1.54, 1.807) is 5.57 Å². The first-order valence-electron chi connectivity index (χ1n) is 8.19. The van der Waals surface area contributed by atoms with E-state index in [0.29, 0.717) is 5.41 Å². The lowest BCUT2D eigenvalue weighted by Crippen LogP contribution is -2.47. The molecule has 21 heavy (non-hydrogen) atoms. The van der Waals surface area contributed by atoms with Crippen molar-refractivity contribution < 1.29 is 4.43 Å². The van der Waals surface area contributed by atoms with Gasteiger partial charge in [-0.05, 0) is 43.5 Å². The Bertz CT molecular complexity index is 428. The first-order valence-corrected chi connectivity index (χ1v) is 17.4. The van der Waals surface area contributed by atoms with Gasteiger partial charge in [-0.1, -0.05) is 61.2 Å². The molecule has 0 saturated heterocycles. The lowest BCUT2D eigenvalue weighted by molar-refractivity contribution is 0.323. The predicted octanol–water partition coefficient (Wildman–Crippen LogP) is 6.84. The molecule has 2 atom stereocenters. The first-order chi connectivity index (χ1) is 8.96. The van der Waals surface area contributed by atoms with Crippen LogP contribution in [0.1, 0.15) is 41.5 Å². The molecule has 1 nitrogen and oxygen atoms in total. The highest BCUT2D eigenvalue weighted by Gasteiger charge is 2.55. The zero-order valence-electron chi connectivity index (χ0n) is 16.4. The van der Waals surface area contributed by atoms with E-state index in [4.69, 9.17) is 4.43 Å². The van der Waals surface area contributed by atoms with Crippen LogP contribution in [0.15, 0.2) is 11.1 Å². The summed E-state index contributed by atoms with van der Waals surface area (Å²) < 4.78 is 6.66. The SMILES string of the molecule is CC(C)(C)C1=C(O[Si](C)(C)C)P([Si](C)(C)C)[C@H]1C(C)(C)C. The van der Waals surface area contributed by atoms with Crippen molar-refractivity contribution in [1.82, 2.24) is 0 Å². The number of allylic oxidation sites excluding steroid dienone is 1. The van der Waals surface area contributed by atoms with Crippen LogP contribution in [-0.2, 0) is 4.43 Å². The third-order valence-corrected chi connectivity index (χ3v) is 14.2. The molecule has 1 heterocycles. The van der Waals surface area contributed by atoms with Crippen molar-refractivity contribution in [2.75, 3.05) is 0 Å². The van der Waals surface area contributed by atoms with Gasteiger partial charge in [0.2, 0.25) is 8.32 Å². The van der Waals surface area contributed by atoms with Crippen LogP contribution in [0.5, 0.6) is 0 Å². The normalized spacial score (nSPS) is 25.0. The second kappa shape index (κ2) is 5.49. The summed E-state index contributed by atoms with van der Waals surface area (Å²) in [7, 11) is -2.86. The lowest BCUT2D eigenvalue weighted by atomic mass is 9.76. The topological polar surface area (TPSA) is 9.23 Å². The van der Waals surface area contributed by atoms with Gasteiger partial charge in [-0.15, -0.1) is 0 Å². The Morgan fingerprint density at radius 2 is 1.29 bits per heavy atom. The molecule has 0 amide bonds. The molecule has 0 radical (unpaired) electrons. The van der Waals surface area contributed by atoms with E-state index in [1.165, 1.54) is 5.50 Å². The molecule has 1 unspecified atom stereocenters. The highest BCUT2D eigenvalue weighted by Crippen LogP contribution is 2.74. The van der Waals surface area contributed by atoms with Crippen molar-refractivity contribution in [3.63, 3.8) is 0 Å². The van der Waals surface area contributed by atoms with Crippen LogP contribution in [0.3, 0.4) is 0 Å². The minimum Gasteiger partial charge on any atom is -0.544 e. The fourth-order valence-electron chi connectivity index (χ4n) is 3.06. The molecule has 0 aromatic carbocycles. The van der Waals surface area contributed by atoms with Crippen molar-refractivity contribution in [3.05, 3.63) is 11.1 Å². The second-order valence-electron chi connectivity index (χ2n) is 10.5. The molecule has 0 fully saturated rings. The highest BCUT2D eigenvalue weighted by atomic mass is 31.4. The van der Waals surface area contributed by atoms with Gasteiger partial charge in [0, 0.05) is 5.66 Å². The van der Waals surface area contributed by atoms with E-state index in [9.17, 15) is 0 Å². The molecule has 1 rings (SSSR count). The third kappa shape index (κ3) is 4.45. The van der Waals surface area contributed by atoms with Gasteiger partial charge in [0.25, 0.3) is 0 Å². The van der Waals surface area contributed by atoms with Crippen LogP contribution >= 0.6 is 7.47 Å². The monoisotopic (exact) mass is 344 g/mol. The van der Waals surface area contributed by atoms with Crippen molar-refractivity contribution in [1.29, 1.82) is 0 Å². The van der Waals surface area contributed by atoms with Gasteiger partial charge >= 0.3 is 0 Å². The van der Waals surface area contributed by atoms with Gasteiger partial charge in [-0.25, -0.2) is 0 Å². The van der Waals surface area contributed by atoms with Crippen LogP contribution < -0.4 is 0 Å². The molecular formula is C17H37OPSi2. The summed E-state index contributed by atoms with van der Waals surface area (Å²) in [6, 6.07) is 0. The predicted molar refractivity (Wildman–Crippen MR) is 104 cm³/mol. The maximum atomic E-state index is 6.66. The summed E-state index contributed by atoms with van der Waals surface area (Å²) in [6.07, 6.45) is 0. The summed E-state index contributed by atoms with van der Waals surface area (Å²) in [5.41, 5.74) is 4.40. The Labute approximate surface area is 136 Å². The summed E-state index contributed by atoms with van der Waals surface area (Å²) in [5.74, 6) is 0. The average Bonchev–Trinajstić information content (AvgIpc) is 2.01. The number of hydrogen-bond acceptors (Lipinski definition) is 1. The molecular weight excluding hydrogens is 307 g/mol. The van der Waals surface area contributed by atoms with Crippen molar-refractivity contribution in [3.8, 4) is 0 Å². The van der Waals surface area contributed by atoms with Gasteiger partial charge < -0.3 is 4.43 Å².